The van der Waals surface area contributed by atoms with Gasteiger partial charge in [0.05, 0.1) is 6.07 Å². The van der Waals surface area contributed by atoms with Crippen LogP contribution in [0.5, 0.6) is 0 Å². The number of fused-ring (bicyclic) bond motifs is 1. The first-order valence-electron chi connectivity index (χ1n) is 14.1. The Hall–Kier alpha value is -3.93. The number of carbonyl (C=O) groups is 1. The Morgan fingerprint density at radius 1 is 0.923 bits per heavy atom. The number of hydrogen-bond donors (Lipinski definition) is 1. The van der Waals surface area contributed by atoms with Crippen LogP contribution in [0.2, 0.25) is 0 Å². The van der Waals surface area contributed by atoms with Crippen LogP contribution in [0.4, 0.5) is 0 Å². The molecule has 0 unspecified atom stereocenters. The number of nitriles is 1. The second kappa shape index (κ2) is 11.9. The van der Waals surface area contributed by atoms with Crippen LogP contribution in [-0.4, -0.2) is 29.8 Å². The van der Waals surface area contributed by atoms with Crippen molar-refractivity contribution in [3.8, 4) is 17.5 Å². The van der Waals surface area contributed by atoms with Gasteiger partial charge < -0.3 is 9.67 Å². The molecule has 5 rings (SSSR count). The van der Waals surface area contributed by atoms with Crippen LogP contribution < -0.4 is 11.2 Å². The Kier molecular flexibility index (Phi) is 8.10. The predicted molar refractivity (Wildman–Crippen MR) is 149 cm³/mol. The van der Waals surface area contributed by atoms with Gasteiger partial charge in [0, 0.05) is 24.7 Å². The summed E-state index contributed by atoms with van der Waals surface area (Å²) in [5.74, 6) is 0.0630. The van der Waals surface area contributed by atoms with Crippen molar-refractivity contribution in [3.63, 3.8) is 0 Å². The summed E-state index contributed by atoms with van der Waals surface area (Å²) in [6.07, 6.45) is 13.6. The molecule has 3 aromatic rings. The molecule has 1 aromatic carbocycles. The van der Waals surface area contributed by atoms with Gasteiger partial charge in [0.1, 0.15) is 12.4 Å². The Morgan fingerprint density at radius 2 is 1.51 bits per heavy atom. The molecule has 0 amide bonds. The highest BCUT2D eigenvalue weighted by Crippen LogP contribution is 2.28. The molecule has 39 heavy (non-hydrogen) atoms. The number of aliphatic carboxylic acids is 1. The topological polar surface area (TPSA) is 123 Å². The molecule has 2 aromatic heterocycles. The molecule has 9 nitrogen and oxygen atoms in total. The molecular formula is C30H35N5O4. The van der Waals surface area contributed by atoms with Crippen molar-refractivity contribution in [1.29, 1.82) is 5.26 Å². The Bertz CT molecular complexity index is 1520. The number of carboxylic acids is 1. The lowest BCUT2D eigenvalue weighted by molar-refractivity contribution is -0.131. The predicted octanol–water partition coefficient (Wildman–Crippen LogP) is 4.81. The number of carboxylic acid groups (broad SMARTS) is 1. The molecule has 2 heterocycles. The summed E-state index contributed by atoms with van der Waals surface area (Å²) in [5.41, 5.74) is 1.35. The first kappa shape index (κ1) is 26.7. The summed E-state index contributed by atoms with van der Waals surface area (Å²) in [5, 5.41) is 18.6. The van der Waals surface area contributed by atoms with Crippen LogP contribution >= 0.6 is 0 Å². The number of benzene rings is 1. The molecule has 2 aliphatic rings. The van der Waals surface area contributed by atoms with E-state index in [1.54, 1.807) is 33.4 Å². The molecule has 9 heteroatoms. The Balaban J connectivity index is 1.66. The van der Waals surface area contributed by atoms with E-state index in [2.05, 4.69) is 6.07 Å². The van der Waals surface area contributed by atoms with Crippen LogP contribution in [0.25, 0.3) is 28.6 Å². The van der Waals surface area contributed by atoms with Gasteiger partial charge in [0.2, 0.25) is 0 Å². The van der Waals surface area contributed by atoms with E-state index in [-0.39, 0.29) is 17.8 Å². The van der Waals surface area contributed by atoms with Crippen LogP contribution in [0.3, 0.4) is 0 Å². The van der Waals surface area contributed by atoms with Gasteiger partial charge in [-0.2, -0.15) is 5.26 Å². The molecule has 204 valence electrons. The molecule has 0 atom stereocenters. The highest BCUT2D eigenvalue weighted by atomic mass is 16.4. The molecule has 2 aliphatic carbocycles. The van der Waals surface area contributed by atoms with Crippen molar-refractivity contribution in [2.75, 3.05) is 0 Å². The lowest BCUT2D eigenvalue weighted by Gasteiger charge is -2.24. The zero-order valence-electron chi connectivity index (χ0n) is 22.2. The Morgan fingerprint density at radius 3 is 2.08 bits per heavy atom. The number of nitrogens with zero attached hydrogens (tertiary/aromatic N) is 5. The van der Waals surface area contributed by atoms with Crippen molar-refractivity contribution in [3.05, 3.63) is 56.7 Å². The van der Waals surface area contributed by atoms with Gasteiger partial charge in [-0.25, -0.2) is 14.6 Å². The third kappa shape index (κ3) is 5.75. The molecule has 0 aliphatic heterocycles. The largest absolute Gasteiger partial charge is 0.478 e. The fourth-order valence-electron chi connectivity index (χ4n) is 6.23. The van der Waals surface area contributed by atoms with Crippen molar-refractivity contribution >= 4 is 23.2 Å². The fourth-order valence-corrected chi connectivity index (χ4v) is 6.23. The minimum absolute atomic E-state index is 0.0766. The number of aromatic nitrogens is 4. The Labute approximate surface area is 227 Å². The zero-order valence-corrected chi connectivity index (χ0v) is 22.2. The van der Waals surface area contributed by atoms with E-state index >= 15 is 0 Å². The van der Waals surface area contributed by atoms with Gasteiger partial charge in [-0.05, 0) is 49.2 Å². The van der Waals surface area contributed by atoms with E-state index < -0.39 is 5.97 Å². The average molecular weight is 530 g/mol. The third-order valence-corrected chi connectivity index (χ3v) is 8.26. The molecule has 0 spiro atoms. The molecule has 0 radical (unpaired) electrons. The maximum absolute atomic E-state index is 13.9. The van der Waals surface area contributed by atoms with Gasteiger partial charge in [-0.3, -0.25) is 13.9 Å². The highest BCUT2D eigenvalue weighted by molar-refractivity contribution is 5.85. The van der Waals surface area contributed by atoms with Crippen LogP contribution in [0.15, 0.2) is 39.9 Å². The van der Waals surface area contributed by atoms with Gasteiger partial charge in [0.25, 0.3) is 5.56 Å². The molecule has 2 saturated carbocycles. The number of imidazole rings is 1. The van der Waals surface area contributed by atoms with Gasteiger partial charge in [-0.15, -0.1) is 0 Å². The van der Waals surface area contributed by atoms with Crippen molar-refractivity contribution in [1.82, 2.24) is 18.7 Å². The smallest absolute Gasteiger partial charge is 0.332 e. The van der Waals surface area contributed by atoms with Gasteiger partial charge in [-0.1, -0.05) is 62.8 Å². The summed E-state index contributed by atoms with van der Waals surface area (Å²) < 4.78 is 4.73. The number of hydrogen-bond acceptors (Lipinski definition) is 5. The fraction of sp³-hybridized carbons (Fsp3) is 0.500. The zero-order chi connectivity index (χ0) is 27.4. The van der Waals surface area contributed by atoms with Crippen molar-refractivity contribution in [2.24, 2.45) is 11.8 Å². The lowest BCUT2D eigenvalue weighted by Crippen LogP contribution is -2.43. The molecule has 0 saturated heterocycles. The van der Waals surface area contributed by atoms with E-state index in [1.165, 1.54) is 23.5 Å². The maximum atomic E-state index is 13.9. The molecule has 2 fully saturated rings. The van der Waals surface area contributed by atoms with Gasteiger partial charge >= 0.3 is 11.7 Å². The lowest BCUT2D eigenvalue weighted by atomic mass is 9.89. The summed E-state index contributed by atoms with van der Waals surface area (Å²) in [4.78, 5) is 43.5. The first-order chi connectivity index (χ1) is 19.0. The summed E-state index contributed by atoms with van der Waals surface area (Å²) in [6.45, 7) is 0.838. The second-order valence-electron chi connectivity index (χ2n) is 11.0. The van der Waals surface area contributed by atoms with E-state index in [0.717, 1.165) is 57.4 Å². The normalized spacial score (nSPS) is 17.1. The average Bonchev–Trinajstić information content (AvgIpc) is 3.33. The summed E-state index contributed by atoms with van der Waals surface area (Å²) in [7, 11) is 0. The highest BCUT2D eigenvalue weighted by Gasteiger charge is 2.26. The maximum Gasteiger partial charge on any atom is 0.332 e. The SMILES string of the molecule is N#CCn1c(-c2ccc(/C=C/C(=O)O)cc2)nc2c1c(=O)n(CC1CCCCC1)c(=O)n2CC1CCCCC1. The minimum Gasteiger partial charge on any atom is -0.478 e. The monoisotopic (exact) mass is 529 g/mol. The van der Waals surface area contributed by atoms with E-state index in [9.17, 15) is 19.6 Å². The van der Waals surface area contributed by atoms with E-state index in [1.807, 2.05) is 0 Å². The van der Waals surface area contributed by atoms with Crippen LogP contribution in [0, 0.1) is 23.2 Å². The quantitative estimate of drug-likeness (QED) is 0.418. The second-order valence-corrected chi connectivity index (χ2v) is 11.0. The standard InChI is InChI=1S/C30H35N5O4/c31-17-18-33-26-28(32-27(33)24-14-11-21(12-15-24)13-16-25(36)37)34(19-22-7-3-1-4-8-22)30(39)35(29(26)38)20-23-9-5-2-6-10-23/h11-16,22-23H,1-10,18-20H2,(H,36,37)/b16-13+. The molecule has 0 bridgehead atoms. The minimum atomic E-state index is -1.03. The van der Waals surface area contributed by atoms with E-state index in [4.69, 9.17) is 10.1 Å². The third-order valence-electron chi connectivity index (χ3n) is 8.26. The van der Waals surface area contributed by atoms with E-state index in [0.29, 0.717) is 53.0 Å². The van der Waals surface area contributed by atoms with Gasteiger partial charge in [0.15, 0.2) is 11.2 Å². The molecule has 1 N–H and O–H groups in total. The summed E-state index contributed by atoms with van der Waals surface area (Å²) in [6, 6.07) is 9.29. The first-order valence-corrected chi connectivity index (χ1v) is 14.1. The number of rotatable bonds is 8. The van der Waals surface area contributed by atoms with Crippen LogP contribution in [0.1, 0.15) is 69.8 Å². The van der Waals surface area contributed by atoms with Crippen molar-refractivity contribution in [2.45, 2.75) is 83.8 Å². The van der Waals surface area contributed by atoms with Crippen molar-refractivity contribution < 1.29 is 9.90 Å². The molecular weight excluding hydrogens is 494 g/mol. The van der Waals surface area contributed by atoms with Crippen LogP contribution in [-0.2, 0) is 24.4 Å². The summed E-state index contributed by atoms with van der Waals surface area (Å²) >= 11 is 0.